The number of ketones is 1. The maximum Gasteiger partial charge on any atom is 0.220 e. The molecule has 1 unspecified atom stereocenters. The summed E-state index contributed by atoms with van der Waals surface area (Å²) in [6.07, 6.45) is 2.25. The summed E-state index contributed by atoms with van der Waals surface area (Å²) in [5.74, 6) is 0.383. The summed E-state index contributed by atoms with van der Waals surface area (Å²) in [5.41, 5.74) is 7.53. The van der Waals surface area contributed by atoms with Gasteiger partial charge in [0.15, 0.2) is 5.78 Å². The maximum absolute atomic E-state index is 12.1. The second kappa shape index (κ2) is 9.36. The number of carbonyl (C=O) groups is 2. The van der Waals surface area contributed by atoms with Gasteiger partial charge in [-0.05, 0) is 24.3 Å². The number of hydrogen-bond donors (Lipinski definition) is 2. The lowest BCUT2D eigenvalue weighted by atomic mass is 10.0. The first kappa shape index (κ1) is 18.4. The van der Waals surface area contributed by atoms with E-state index >= 15 is 0 Å². The molecule has 0 aromatic heterocycles. The van der Waals surface area contributed by atoms with Crippen LogP contribution in [0.15, 0.2) is 24.3 Å². The van der Waals surface area contributed by atoms with Gasteiger partial charge < -0.3 is 11.1 Å². The molecule has 1 amide bonds. The van der Waals surface area contributed by atoms with Gasteiger partial charge in [-0.15, -0.1) is 0 Å². The Bertz CT molecular complexity index is 480. The molecule has 4 nitrogen and oxygen atoms in total. The van der Waals surface area contributed by atoms with Gasteiger partial charge in [0.1, 0.15) is 0 Å². The van der Waals surface area contributed by atoms with E-state index in [9.17, 15) is 9.59 Å². The molecule has 0 aliphatic carbocycles. The van der Waals surface area contributed by atoms with Gasteiger partial charge in [0.2, 0.25) is 5.91 Å². The lowest BCUT2D eigenvalue weighted by Crippen LogP contribution is -2.41. The lowest BCUT2D eigenvalue weighted by Gasteiger charge is -2.18. The van der Waals surface area contributed by atoms with Crippen LogP contribution >= 0.6 is 0 Å². The average molecular weight is 304 g/mol. The lowest BCUT2D eigenvalue weighted by molar-refractivity contribution is -0.121. The number of nitrogens with one attached hydrogen (secondary N) is 1. The van der Waals surface area contributed by atoms with Crippen LogP contribution < -0.4 is 11.1 Å². The topological polar surface area (TPSA) is 72.2 Å². The molecule has 0 saturated carbocycles. The predicted molar refractivity (Wildman–Crippen MR) is 89.8 cm³/mol. The van der Waals surface area contributed by atoms with E-state index in [4.69, 9.17) is 5.73 Å². The van der Waals surface area contributed by atoms with Gasteiger partial charge in [0.25, 0.3) is 0 Å². The number of hydrogen-bond acceptors (Lipinski definition) is 3. The Morgan fingerprint density at radius 2 is 1.77 bits per heavy atom. The van der Waals surface area contributed by atoms with Crippen LogP contribution in [0.25, 0.3) is 0 Å². The van der Waals surface area contributed by atoms with Gasteiger partial charge in [-0.2, -0.15) is 0 Å². The minimum atomic E-state index is -0.102. The van der Waals surface area contributed by atoms with E-state index in [-0.39, 0.29) is 30.6 Å². The number of benzene rings is 1. The molecule has 1 aromatic rings. The second-order valence-electron chi connectivity index (χ2n) is 6.10. The van der Waals surface area contributed by atoms with Crippen LogP contribution in [0.3, 0.4) is 0 Å². The minimum absolute atomic E-state index is 0.00552. The number of Topliss-reactive ketones (excluding diaryl/α,β-unsaturated/α-hetero) is 1. The monoisotopic (exact) mass is 304 g/mol. The largest absolute Gasteiger partial charge is 0.352 e. The van der Waals surface area contributed by atoms with Crippen LogP contribution in [-0.2, 0) is 11.2 Å². The smallest absolute Gasteiger partial charge is 0.220 e. The normalized spacial score (nSPS) is 12.2. The number of aryl methyl sites for hydroxylation is 1. The highest BCUT2D eigenvalue weighted by Crippen LogP contribution is 2.09. The van der Waals surface area contributed by atoms with Crippen molar-refractivity contribution in [2.45, 2.75) is 52.5 Å². The molecular formula is C18H28N2O2. The third-order valence-corrected chi connectivity index (χ3v) is 3.67. The van der Waals surface area contributed by atoms with Crippen LogP contribution in [0.4, 0.5) is 0 Å². The summed E-state index contributed by atoms with van der Waals surface area (Å²) in [5, 5.41) is 2.91. The van der Waals surface area contributed by atoms with Crippen molar-refractivity contribution in [2.24, 2.45) is 11.7 Å². The summed E-state index contributed by atoms with van der Waals surface area (Å²) in [7, 11) is 0. The quantitative estimate of drug-likeness (QED) is 0.689. The zero-order valence-corrected chi connectivity index (χ0v) is 13.9. The molecule has 0 aliphatic rings. The second-order valence-corrected chi connectivity index (χ2v) is 6.10. The van der Waals surface area contributed by atoms with Crippen molar-refractivity contribution in [2.75, 3.05) is 6.54 Å². The third kappa shape index (κ3) is 6.39. The van der Waals surface area contributed by atoms with Crippen LogP contribution in [0.5, 0.6) is 0 Å². The van der Waals surface area contributed by atoms with Crippen LogP contribution in [-0.4, -0.2) is 24.3 Å². The van der Waals surface area contributed by atoms with Crippen molar-refractivity contribution in [1.29, 1.82) is 0 Å². The Balaban J connectivity index is 2.43. The SMILES string of the molecule is CCc1ccc(C(=O)CCC(=O)NC(CN)CC(C)C)cc1. The molecule has 0 saturated heterocycles. The molecule has 1 aromatic carbocycles. The third-order valence-electron chi connectivity index (χ3n) is 3.67. The molecule has 0 heterocycles. The van der Waals surface area contributed by atoms with Gasteiger partial charge in [-0.1, -0.05) is 45.0 Å². The first-order chi connectivity index (χ1) is 10.5. The Labute approximate surface area is 133 Å². The molecule has 0 radical (unpaired) electrons. The van der Waals surface area contributed by atoms with Crippen molar-refractivity contribution in [3.63, 3.8) is 0 Å². The fourth-order valence-electron chi connectivity index (χ4n) is 2.38. The Kier molecular flexibility index (Phi) is 7.82. The predicted octanol–water partition coefficient (Wildman–Crippen LogP) is 2.70. The van der Waals surface area contributed by atoms with Gasteiger partial charge in [0.05, 0.1) is 0 Å². The Morgan fingerprint density at radius 3 is 2.27 bits per heavy atom. The highest BCUT2D eigenvalue weighted by molar-refractivity contribution is 5.98. The van der Waals surface area contributed by atoms with Crippen LogP contribution in [0, 0.1) is 5.92 Å². The van der Waals surface area contributed by atoms with Crippen molar-refractivity contribution in [1.82, 2.24) is 5.32 Å². The van der Waals surface area contributed by atoms with E-state index in [1.807, 2.05) is 24.3 Å². The van der Waals surface area contributed by atoms with E-state index < -0.39 is 0 Å². The molecular weight excluding hydrogens is 276 g/mol. The molecule has 4 heteroatoms. The van der Waals surface area contributed by atoms with Crippen LogP contribution in [0.2, 0.25) is 0 Å². The van der Waals surface area contributed by atoms with Crippen molar-refractivity contribution < 1.29 is 9.59 Å². The molecule has 1 rings (SSSR count). The van der Waals surface area contributed by atoms with Gasteiger partial charge >= 0.3 is 0 Å². The van der Waals surface area contributed by atoms with E-state index in [1.165, 1.54) is 5.56 Å². The summed E-state index contributed by atoms with van der Waals surface area (Å²) >= 11 is 0. The molecule has 122 valence electrons. The number of nitrogens with two attached hydrogens (primary N) is 1. The van der Waals surface area contributed by atoms with E-state index in [2.05, 4.69) is 26.1 Å². The van der Waals surface area contributed by atoms with Gasteiger partial charge in [0, 0.05) is 31.0 Å². The number of rotatable bonds is 9. The molecule has 0 bridgehead atoms. The summed E-state index contributed by atoms with van der Waals surface area (Å²) < 4.78 is 0. The van der Waals surface area contributed by atoms with Crippen molar-refractivity contribution >= 4 is 11.7 Å². The molecule has 3 N–H and O–H groups in total. The zero-order valence-electron chi connectivity index (χ0n) is 13.9. The van der Waals surface area contributed by atoms with Gasteiger partial charge in [-0.3, -0.25) is 9.59 Å². The fourth-order valence-corrected chi connectivity index (χ4v) is 2.38. The highest BCUT2D eigenvalue weighted by atomic mass is 16.2. The number of carbonyl (C=O) groups excluding carboxylic acids is 2. The fraction of sp³-hybridized carbons (Fsp3) is 0.556. The van der Waals surface area contributed by atoms with Crippen molar-refractivity contribution in [3.05, 3.63) is 35.4 Å². The molecule has 0 spiro atoms. The van der Waals surface area contributed by atoms with E-state index in [0.29, 0.717) is 18.0 Å². The molecule has 1 atom stereocenters. The first-order valence-electron chi connectivity index (χ1n) is 8.07. The van der Waals surface area contributed by atoms with E-state index in [0.717, 1.165) is 12.8 Å². The van der Waals surface area contributed by atoms with Crippen LogP contribution in [0.1, 0.15) is 56.0 Å². The average Bonchev–Trinajstić information content (AvgIpc) is 2.51. The standard InChI is InChI=1S/C18H28N2O2/c1-4-14-5-7-15(8-6-14)17(21)9-10-18(22)20-16(12-19)11-13(2)3/h5-8,13,16H,4,9-12,19H2,1-3H3,(H,20,22). The summed E-state index contributed by atoms with van der Waals surface area (Å²) in [4.78, 5) is 24.0. The first-order valence-corrected chi connectivity index (χ1v) is 8.07. The Hall–Kier alpha value is -1.68. The highest BCUT2D eigenvalue weighted by Gasteiger charge is 2.14. The number of amides is 1. The van der Waals surface area contributed by atoms with E-state index in [1.54, 1.807) is 0 Å². The summed E-state index contributed by atoms with van der Waals surface area (Å²) in [6, 6.07) is 7.58. The maximum atomic E-state index is 12.1. The molecule has 0 aliphatic heterocycles. The summed E-state index contributed by atoms with van der Waals surface area (Å²) in [6.45, 7) is 6.69. The molecule has 22 heavy (non-hydrogen) atoms. The van der Waals surface area contributed by atoms with Crippen molar-refractivity contribution in [3.8, 4) is 0 Å². The zero-order chi connectivity index (χ0) is 16.5. The Morgan fingerprint density at radius 1 is 1.14 bits per heavy atom. The molecule has 0 fully saturated rings. The van der Waals surface area contributed by atoms with Gasteiger partial charge in [-0.25, -0.2) is 0 Å². The minimum Gasteiger partial charge on any atom is -0.352 e.